The number of hydrogen-bond donors (Lipinski definition) is 1. The summed E-state index contributed by atoms with van der Waals surface area (Å²) in [5.41, 5.74) is 5.71. The van der Waals surface area contributed by atoms with Gasteiger partial charge < -0.3 is 15.5 Å². The van der Waals surface area contributed by atoms with E-state index in [0.717, 1.165) is 25.9 Å². The second-order valence-corrected chi connectivity index (χ2v) is 5.62. The molecular formula is C13H21N5O2. The van der Waals surface area contributed by atoms with Crippen LogP contribution in [0.2, 0.25) is 0 Å². The van der Waals surface area contributed by atoms with Crippen molar-refractivity contribution in [3.05, 3.63) is 5.69 Å². The Morgan fingerprint density at radius 2 is 1.80 bits per heavy atom. The average Bonchev–Trinajstić information content (AvgIpc) is 2.94. The fraction of sp³-hybridized carbons (Fsp3) is 0.769. The van der Waals surface area contributed by atoms with Crippen LogP contribution >= 0.6 is 0 Å². The molecule has 0 unspecified atom stereocenters. The lowest BCUT2D eigenvalue weighted by atomic mass is 10.00. The molecule has 110 valence electrons. The Morgan fingerprint density at radius 3 is 2.40 bits per heavy atom. The molecule has 0 atom stereocenters. The molecule has 0 radical (unpaired) electrons. The van der Waals surface area contributed by atoms with Gasteiger partial charge in [0.05, 0.1) is 0 Å². The maximum atomic E-state index is 12.2. The van der Waals surface area contributed by atoms with Crippen LogP contribution in [-0.4, -0.2) is 58.2 Å². The molecular weight excluding hydrogens is 258 g/mol. The Bertz CT molecular complexity index is 461. The van der Waals surface area contributed by atoms with Crippen LogP contribution in [0.25, 0.3) is 0 Å². The smallest absolute Gasteiger partial charge is 0.280 e. The molecule has 0 aromatic carbocycles. The van der Waals surface area contributed by atoms with E-state index in [0.29, 0.717) is 6.04 Å². The molecule has 2 saturated heterocycles. The highest BCUT2D eigenvalue weighted by atomic mass is 16.6. The largest absolute Gasteiger partial charge is 0.379 e. The summed E-state index contributed by atoms with van der Waals surface area (Å²) in [5.74, 6) is -0.0889. The zero-order valence-electron chi connectivity index (χ0n) is 11.6. The van der Waals surface area contributed by atoms with E-state index in [2.05, 4.69) is 19.8 Å². The van der Waals surface area contributed by atoms with Crippen molar-refractivity contribution in [2.75, 3.05) is 31.9 Å². The van der Waals surface area contributed by atoms with Crippen molar-refractivity contribution in [3.8, 4) is 0 Å². The summed E-state index contributed by atoms with van der Waals surface area (Å²) in [4.78, 5) is 16.6. The first-order chi connectivity index (χ1) is 9.75. The summed E-state index contributed by atoms with van der Waals surface area (Å²) >= 11 is 0. The Kier molecular flexibility index (Phi) is 3.86. The molecule has 3 rings (SSSR count). The number of piperidine rings is 2. The second kappa shape index (κ2) is 5.78. The molecule has 0 bridgehead atoms. The Hall–Kier alpha value is -1.63. The Morgan fingerprint density at radius 1 is 1.10 bits per heavy atom. The summed E-state index contributed by atoms with van der Waals surface area (Å²) in [6, 6.07) is 0.618. The predicted molar refractivity (Wildman–Crippen MR) is 73.1 cm³/mol. The number of anilines is 1. The topological polar surface area (TPSA) is 88.5 Å². The van der Waals surface area contributed by atoms with Gasteiger partial charge in [0, 0.05) is 19.1 Å². The van der Waals surface area contributed by atoms with E-state index in [9.17, 15) is 4.79 Å². The van der Waals surface area contributed by atoms with Crippen molar-refractivity contribution in [2.45, 2.75) is 38.1 Å². The van der Waals surface area contributed by atoms with Crippen molar-refractivity contribution in [1.82, 2.24) is 20.1 Å². The zero-order valence-corrected chi connectivity index (χ0v) is 11.6. The summed E-state index contributed by atoms with van der Waals surface area (Å²) in [6.07, 6.45) is 6.01. The quantitative estimate of drug-likeness (QED) is 0.859. The van der Waals surface area contributed by atoms with Gasteiger partial charge in [0.1, 0.15) is 0 Å². The standard InChI is InChI=1S/C13H21N5O2/c14-12-11(15-20-16-12)13(19)18-8-4-10(5-9-18)17-6-2-1-3-7-17/h10H,1-9H2,(H2,14,16). The molecule has 1 aromatic rings. The first kappa shape index (κ1) is 13.4. The van der Waals surface area contributed by atoms with Gasteiger partial charge in [0.25, 0.3) is 5.91 Å². The first-order valence-corrected chi connectivity index (χ1v) is 7.37. The highest BCUT2D eigenvalue weighted by Crippen LogP contribution is 2.22. The van der Waals surface area contributed by atoms with E-state index >= 15 is 0 Å². The van der Waals surface area contributed by atoms with Crippen molar-refractivity contribution >= 4 is 11.7 Å². The van der Waals surface area contributed by atoms with Gasteiger partial charge in [-0.1, -0.05) is 6.42 Å². The number of aromatic nitrogens is 2. The zero-order chi connectivity index (χ0) is 13.9. The number of rotatable bonds is 2. The predicted octanol–water partition coefficient (Wildman–Crippen LogP) is 0.742. The fourth-order valence-corrected chi connectivity index (χ4v) is 3.21. The third-order valence-corrected chi connectivity index (χ3v) is 4.38. The second-order valence-electron chi connectivity index (χ2n) is 5.62. The molecule has 2 N–H and O–H groups in total. The highest BCUT2D eigenvalue weighted by molar-refractivity contribution is 5.96. The van der Waals surface area contributed by atoms with Crippen LogP contribution in [0, 0.1) is 0 Å². The van der Waals surface area contributed by atoms with E-state index in [4.69, 9.17) is 5.73 Å². The maximum Gasteiger partial charge on any atom is 0.280 e. The van der Waals surface area contributed by atoms with Crippen LogP contribution in [0.5, 0.6) is 0 Å². The number of nitrogens with zero attached hydrogens (tertiary/aromatic N) is 4. The van der Waals surface area contributed by atoms with Crippen molar-refractivity contribution in [2.24, 2.45) is 0 Å². The SMILES string of the molecule is Nc1nonc1C(=O)N1CCC(N2CCCCC2)CC1. The van der Waals surface area contributed by atoms with Crippen LogP contribution in [-0.2, 0) is 0 Å². The molecule has 2 aliphatic heterocycles. The van der Waals surface area contributed by atoms with Crippen LogP contribution in [0.3, 0.4) is 0 Å². The number of hydrogen-bond acceptors (Lipinski definition) is 6. The van der Waals surface area contributed by atoms with Crippen LogP contribution in [0.15, 0.2) is 4.63 Å². The van der Waals surface area contributed by atoms with Crippen molar-refractivity contribution < 1.29 is 9.42 Å². The molecule has 2 aliphatic rings. The number of carbonyl (C=O) groups is 1. The van der Waals surface area contributed by atoms with E-state index < -0.39 is 0 Å². The van der Waals surface area contributed by atoms with Gasteiger partial charge in [-0.2, -0.15) is 0 Å². The number of nitrogens with two attached hydrogens (primary N) is 1. The monoisotopic (exact) mass is 279 g/mol. The summed E-state index contributed by atoms with van der Waals surface area (Å²) < 4.78 is 4.49. The van der Waals surface area contributed by atoms with E-state index in [1.165, 1.54) is 32.4 Å². The molecule has 3 heterocycles. The molecule has 2 fully saturated rings. The Balaban J connectivity index is 1.55. The minimum absolute atomic E-state index is 0.0770. The average molecular weight is 279 g/mol. The summed E-state index contributed by atoms with van der Waals surface area (Å²) in [7, 11) is 0. The number of carbonyl (C=O) groups excluding carboxylic acids is 1. The summed E-state index contributed by atoms with van der Waals surface area (Å²) in [6.45, 7) is 3.93. The van der Waals surface area contributed by atoms with Gasteiger partial charge in [0.15, 0.2) is 0 Å². The lowest BCUT2D eigenvalue weighted by Crippen LogP contribution is -2.48. The molecule has 1 aromatic heterocycles. The van der Waals surface area contributed by atoms with Gasteiger partial charge in [0.2, 0.25) is 11.5 Å². The van der Waals surface area contributed by atoms with Crippen molar-refractivity contribution in [3.63, 3.8) is 0 Å². The van der Waals surface area contributed by atoms with Gasteiger partial charge in [-0.25, -0.2) is 4.63 Å². The normalized spacial score (nSPS) is 22.1. The lowest BCUT2D eigenvalue weighted by molar-refractivity contribution is 0.0581. The molecule has 7 nitrogen and oxygen atoms in total. The molecule has 0 aliphatic carbocycles. The van der Waals surface area contributed by atoms with Gasteiger partial charge >= 0.3 is 0 Å². The van der Waals surface area contributed by atoms with Gasteiger partial charge in [-0.05, 0) is 49.1 Å². The van der Waals surface area contributed by atoms with E-state index in [-0.39, 0.29) is 17.4 Å². The minimum atomic E-state index is -0.166. The highest BCUT2D eigenvalue weighted by Gasteiger charge is 2.30. The van der Waals surface area contributed by atoms with E-state index in [1.807, 2.05) is 0 Å². The molecule has 20 heavy (non-hydrogen) atoms. The molecule has 0 saturated carbocycles. The third kappa shape index (κ3) is 2.63. The van der Waals surface area contributed by atoms with Crippen LogP contribution in [0.1, 0.15) is 42.6 Å². The number of likely N-dealkylation sites (tertiary alicyclic amines) is 2. The molecule has 0 spiro atoms. The maximum absolute atomic E-state index is 12.2. The number of amides is 1. The first-order valence-electron chi connectivity index (χ1n) is 7.37. The Labute approximate surface area is 118 Å². The molecule has 1 amide bonds. The van der Waals surface area contributed by atoms with Gasteiger partial charge in [-0.15, -0.1) is 0 Å². The third-order valence-electron chi connectivity index (χ3n) is 4.38. The fourth-order valence-electron chi connectivity index (χ4n) is 3.21. The van der Waals surface area contributed by atoms with Crippen LogP contribution < -0.4 is 5.73 Å². The minimum Gasteiger partial charge on any atom is -0.379 e. The molecule has 7 heteroatoms. The summed E-state index contributed by atoms with van der Waals surface area (Å²) in [5, 5.41) is 7.04. The van der Waals surface area contributed by atoms with Gasteiger partial charge in [-0.3, -0.25) is 4.79 Å². The number of nitrogen functional groups attached to an aromatic ring is 1. The van der Waals surface area contributed by atoms with Crippen molar-refractivity contribution in [1.29, 1.82) is 0 Å². The van der Waals surface area contributed by atoms with E-state index in [1.54, 1.807) is 4.90 Å². The lowest BCUT2D eigenvalue weighted by Gasteiger charge is -2.40. The van der Waals surface area contributed by atoms with Crippen LogP contribution in [0.4, 0.5) is 5.82 Å².